The van der Waals surface area contributed by atoms with Gasteiger partial charge >= 0.3 is 17.9 Å². The van der Waals surface area contributed by atoms with Gasteiger partial charge in [-0.1, -0.05) is 18.2 Å². The molecule has 0 aliphatic heterocycles. The second kappa shape index (κ2) is 7.41. The fraction of sp³-hybridized carbons (Fsp3) is 0.200. The summed E-state index contributed by atoms with van der Waals surface area (Å²) in [6, 6.07) is 8.98. The molecule has 0 heterocycles. The van der Waals surface area contributed by atoms with E-state index >= 15 is 0 Å². The minimum absolute atomic E-state index is 0.113. The number of ether oxygens (including phenoxy) is 1. The molecule has 140 valence electrons. The summed E-state index contributed by atoms with van der Waals surface area (Å²) in [5, 5.41) is 18.5. The van der Waals surface area contributed by atoms with Gasteiger partial charge < -0.3 is 14.9 Å². The average Bonchev–Trinajstić information content (AvgIpc) is 2.59. The van der Waals surface area contributed by atoms with E-state index < -0.39 is 29.3 Å². The van der Waals surface area contributed by atoms with Gasteiger partial charge in [-0.3, -0.25) is 4.79 Å². The zero-order chi connectivity index (χ0) is 20.4. The largest absolute Gasteiger partial charge is 0.478 e. The highest BCUT2D eigenvalue weighted by atomic mass is 16.6. The molecular formula is C20H18O7. The van der Waals surface area contributed by atoms with Crippen molar-refractivity contribution in [2.45, 2.75) is 26.4 Å². The summed E-state index contributed by atoms with van der Waals surface area (Å²) in [5.74, 6) is -4.16. The number of ketones is 1. The molecule has 7 heteroatoms. The maximum absolute atomic E-state index is 12.9. The number of hydrogen-bond donors (Lipinski definition) is 2. The van der Waals surface area contributed by atoms with Gasteiger partial charge in [0.1, 0.15) is 5.60 Å². The fourth-order valence-electron chi connectivity index (χ4n) is 2.39. The van der Waals surface area contributed by atoms with Crippen molar-refractivity contribution in [1.82, 2.24) is 0 Å². The molecular weight excluding hydrogens is 352 g/mol. The standard InChI is InChI=1S/C20H18O7/c1-20(2,3)27-19(26)15-10-11(17(22)23)8-9-13(15)16(21)12-6-4-5-7-14(12)18(24)25/h4-10H,1-3H3,(H,22,23)(H,24,25). The molecule has 0 saturated heterocycles. The van der Waals surface area contributed by atoms with Crippen molar-refractivity contribution < 1.29 is 34.1 Å². The van der Waals surface area contributed by atoms with Crippen molar-refractivity contribution in [3.8, 4) is 0 Å². The number of carbonyl (C=O) groups is 4. The Labute approximate surface area is 155 Å². The molecule has 2 aromatic carbocycles. The minimum atomic E-state index is -1.29. The van der Waals surface area contributed by atoms with E-state index in [0.29, 0.717) is 0 Å². The zero-order valence-corrected chi connectivity index (χ0v) is 15.0. The van der Waals surface area contributed by atoms with Gasteiger partial charge in [0, 0.05) is 11.1 Å². The van der Waals surface area contributed by atoms with Crippen molar-refractivity contribution in [3.05, 3.63) is 70.3 Å². The second-order valence-electron chi connectivity index (χ2n) is 6.75. The molecule has 0 saturated carbocycles. The van der Waals surface area contributed by atoms with Crippen molar-refractivity contribution in [2.75, 3.05) is 0 Å². The predicted molar refractivity (Wildman–Crippen MR) is 95.4 cm³/mol. The molecule has 27 heavy (non-hydrogen) atoms. The third-order valence-electron chi connectivity index (χ3n) is 3.53. The summed E-state index contributed by atoms with van der Waals surface area (Å²) in [5.41, 5.74) is -1.77. The molecule has 0 spiro atoms. The summed E-state index contributed by atoms with van der Waals surface area (Å²) in [4.78, 5) is 48.1. The Bertz CT molecular complexity index is 936. The quantitative estimate of drug-likeness (QED) is 0.612. The summed E-state index contributed by atoms with van der Waals surface area (Å²) in [6.45, 7) is 4.90. The van der Waals surface area contributed by atoms with Crippen LogP contribution in [0.25, 0.3) is 0 Å². The maximum atomic E-state index is 12.9. The van der Waals surface area contributed by atoms with Crippen LogP contribution in [0.1, 0.15) is 67.8 Å². The molecule has 0 aliphatic carbocycles. The molecule has 7 nitrogen and oxygen atoms in total. The third-order valence-corrected chi connectivity index (χ3v) is 3.53. The fourth-order valence-corrected chi connectivity index (χ4v) is 2.39. The molecule has 0 aliphatic rings. The molecule has 0 aromatic heterocycles. The van der Waals surface area contributed by atoms with Crippen LogP contribution in [0, 0.1) is 0 Å². The molecule has 0 unspecified atom stereocenters. The number of carboxylic acid groups (broad SMARTS) is 2. The molecule has 0 atom stereocenters. The number of esters is 1. The molecule has 0 amide bonds. The van der Waals surface area contributed by atoms with Crippen LogP contribution >= 0.6 is 0 Å². The van der Waals surface area contributed by atoms with Crippen LogP contribution < -0.4 is 0 Å². The zero-order valence-electron chi connectivity index (χ0n) is 15.0. The van der Waals surface area contributed by atoms with E-state index in [9.17, 15) is 29.4 Å². The van der Waals surface area contributed by atoms with Crippen molar-refractivity contribution in [2.24, 2.45) is 0 Å². The van der Waals surface area contributed by atoms with E-state index in [2.05, 4.69) is 0 Å². The Balaban J connectivity index is 2.62. The number of rotatable bonds is 5. The van der Waals surface area contributed by atoms with E-state index in [4.69, 9.17) is 4.74 Å². The second-order valence-corrected chi connectivity index (χ2v) is 6.75. The Kier molecular flexibility index (Phi) is 5.44. The first-order valence-corrected chi connectivity index (χ1v) is 7.99. The van der Waals surface area contributed by atoms with Gasteiger partial charge in [-0.2, -0.15) is 0 Å². The highest BCUT2D eigenvalue weighted by Crippen LogP contribution is 2.22. The van der Waals surface area contributed by atoms with Crippen LogP contribution in [0.4, 0.5) is 0 Å². The lowest BCUT2D eigenvalue weighted by atomic mass is 9.93. The summed E-state index contributed by atoms with van der Waals surface area (Å²) < 4.78 is 5.26. The van der Waals surface area contributed by atoms with Crippen molar-refractivity contribution in [1.29, 1.82) is 0 Å². The summed E-state index contributed by atoms with van der Waals surface area (Å²) >= 11 is 0. The number of aromatic carboxylic acids is 2. The molecule has 0 radical (unpaired) electrons. The smallest absolute Gasteiger partial charge is 0.339 e. The summed E-state index contributed by atoms with van der Waals surface area (Å²) in [6.07, 6.45) is 0. The number of hydrogen-bond acceptors (Lipinski definition) is 5. The van der Waals surface area contributed by atoms with Gasteiger partial charge in [0.15, 0.2) is 5.78 Å². The van der Waals surface area contributed by atoms with E-state index in [1.54, 1.807) is 20.8 Å². The first-order valence-electron chi connectivity index (χ1n) is 7.99. The molecule has 2 rings (SSSR count). The molecule has 0 bridgehead atoms. The third kappa shape index (κ3) is 4.58. The SMILES string of the molecule is CC(C)(C)OC(=O)c1cc(C(=O)O)ccc1C(=O)c1ccccc1C(=O)O. The van der Waals surface area contributed by atoms with Gasteiger partial charge in [-0.25, -0.2) is 14.4 Å². The summed E-state index contributed by atoms with van der Waals surface area (Å²) in [7, 11) is 0. The van der Waals surface area contributed by atoms with Gasteiger partial charge in [0.2, 0.25) is 0 Å². The lowest BCUT2D eigenvalue weighted by Gasteiger charge is -2.20. The van der Waals surface area contributed by atoms with E-state index in [0.717, 1.165) is 6.07 Å². The lowest BCUT2D eigenvalue weighted by molar-refractivity contribution is 0.00677. The monoisotopic (exact) mass is 370 g/mol. The van der Waals surface area contributed by atoms with Crippen LogP contribution in [0.15, 0.2) is 42.5 Å². The normalized spacial score (nSPS) is 10.9. The predicted octanol–water partition coefficient (Wildman–Crippen LogP) is 3.27. The molecule has 2 aromatic rings. The van der Waals surface area contributed by atoms with Gasteiger partial charge in [-0.15, -0.1) is 0 Å². The Morgan fingerprint density at radius 2 is 1.33 bits per heavy atom. The Morgan fingerprint density at radius 1 is 0.778 bits per heavy atom. The van der Waals surface area contributed by atoms with Crippen LogP contribution in [0.2, 0.25) is 0 Å². The van der Waals surface area contributed by atoms with Crippen molar-refractivity contribution in [3.63, 3.8) is 0 Å². The topological polar surface area (TPSA) is 118 Å². The highest BCUT2D eigenvalue weighted by Gasteiger charge is 2.26. The maximum Gasteiger partial charge on any atom is 0.339 e. The van der Waals surface area contributed by atoms with E-state index in [1.807, 2.05) is 0 Å². The Morgan fingerprint density at radius 3 is 1.85 bits per heavy atom. The number of benzene rings is 2. The van der Waals surface area contributed by atoms with Crippen LogP contribution in [0.5, 0.6) is 0 Å². The van der Waals surface area contributed by atoms with Crippen LogP contribution in [-0.4, -0.2) is 39.5 Å². The first-order chi connectivity index (χ1) is 12.5. The average molecular weight is 370 g/mol. The van der Waals surface area contributed by atoms with E-state index in [-0.39, 0.29) is 27.8 Å². The van der Waals surface area contributed by atoms with Gasteiger partial charge in [-0.05, 0) is 45.0 Å². The first kappa shape index (κ1) is 19.8. The van der Waals surface area contributed by atoms with E-state index in [1.165, 1.54) is 36.4 Å². The number of carbonyl (C=O) groups excluding carboxylic acids is 2. The lowest BCUT2D eigenvalue weighted by Crippen LogP contribution is -2.25. The van der Waals surface area contributed by atoms with Gasteiger partial charge in [0.05, 0.1) is 16.7 Å². The van der Waals surface area contributed by atoms with Gasteiger partial charge in [0.25, 0.3) is 0 Å². The minimum Gasteiger partial charge on any atom is -0.478 e. The Hall–Kier alpha value is -3.48. The number of carboxylic acids is 2. The molecule has 2 N–H and O–H groups in total. The highest BCUT2D eigenvalue weighted by molar-refractivity contribution is 6.18. The van der Waals surface area contributed by atoms with Crippen LogP contribution in [-0.2, 0) is 4.74 Å². The van der Waals surface area contributed by atoms with Crippen LogP contribution in [0.3, 0.4) is 0 Å². The molecule has 0 fully saturated rings. The van der Waals surface area contributed by atoms with Crippen molar-refractivity contribution >= 4 is 23.7 Å².